The van der Waals surface area contributed by atoms with Gasteiger partial charge in [-0.2, -0.15) is 0 Å². The predicted octanol–water partition coefficient (Wildman–Crippen LogP) is 2.46. The number of nitrogens with one attached hydrogen (secondary N) is 1. The minimum absolute atomic E-state index is 0.106. The van der Waals surface area contributed by atoms with E-state index in [0.717, 1.165) is 0 Å². The van der Waals surface area contributed by atoms with Crippen LogP contribution in [0.15, 0.2) is 42.6 Å². The van der Waals surface area contributed by atoms with Crippen LogP contribution in [0.2, 0.25) is 0 Å². The molecule has 3 nitrogen and oxygen atoms in total. The van der Waals surface area contributed by atoms with Gasteiger partial charge in [-0.3, -0.25) is 0 Å². The summed E-state index contributed by atoms with van der Waals surface area (Å²) in [5.74, 6) is 0.224. The van der Waals surface area contributed by atoms with E-state index in [1.807, 2.05) is 0 Å². The summed E-state index contributed by atoms with van der Waals surface area (Å²) in [6.07, 6.45) is 1.61. The van der Waals surface area contributed by atoms with E-state index < -0.39 is 0 Å². The third-order valence-electron chi connectivity index (χ3n) is 2.15. The summed E-state index contributed by atoms with van der Waals surface area (Å²) < 4.78 is 12.9. The van der Waals surface area contributed by atoms with Gasteiger partial charge < -0.3 is 10.4 Å². The molecule has 16 heavy (non-hydrogen) atoms. The largest absolute Gasteiger partial charge is 0.392 e. The van der Waals surface area contributed by atoms with Gasteiger partial charge in [-0.05, 0) is 24.3 Å². The Labute approximate surface area is 92.6 Å². The number of benzene rings is 1. The fraction of sp³-hybridized carbons (Fsp3) is 0.0833. The lowest BCUT2D eigenvalue weighted by molar-refractivity contribution is 0.282. The van der Waals surface area contributed by atoms with Gasteiger partial charge in [0.1, 0.15) is 11.6 Å². The third kappa shape index (κ3) is 2.35. The maximum absolute atomic E-state index is 12.9. The molecule has 1 aromatic heterocycles. The van der Waals surface area contributed by atoms with Crippen molar-refractivity contribution in [2.75, 3.05) is 5.32 Å². The van der Waals surface area contributed by atoms with E-state index >= 15 is 0 Å². The first-order valence-electron chi connectivity index (χ1n) is 4.87. The molecule has 0 saturated carbocycles. The lowest BCUT2D eigenvalue weighted by Crippen LogP contribution is -1.98. The van der Waals surface area contributed by atoms with Gasteiger partial charge in [-0.1, -0.05) is 12.1 Å². The Morgan fingerprint density at radius 1 is 1.25 bits per heavy atom. The minimum atomic E-state index is -0.313. The molecule has 2 aromatic rings. The highest BCUT2D eigenvalue weighted by Gasteiger charge is 2.02. The molecule has 0 radical (unpaired) electrons. The second kappa shape index (κ2) is 4.72. The number of aromatic nitrogens is 1. The Morgan fingerprint density at radius 2 is 2.12 bits per heavy atom. The number of aliphatic hydroxyl groups excluding tert-OH is 1. The van der Waals surface area contributed by atoms with E-state index in [9.17, 15) is 4.39 Å². The molecule has 2 N–H and O–H groups in total. The topological polar surface area (TPSA) is 45.2 Å². The molecule has 82 valence electrons. The van der Waals surface area contributed by atoms with Crippen LogP contribution in [-0.2, 0) is 6.61 Å². The number of nitrogens with zero attached hydrogens (tertiary/aromatic N) is 1. The normalized spacial score (nSPS) is 10.1. The summed E-state index contributed by atoms with van der Waals surface area (Å²) in [5.41, 5.74) is 1.28. The second-order valence-electron chi connectivity index (χ2n) is 3.30. The SMILES string of the molecule is OCc1cccnc1Nc1cccc(F)c1. The molecule has 0 aliphatic rings. The van der Waals surface area contributed by atoms with Gasteiger partial charge in [0.2, 0.25) is 0 Å². The molecule has 0 spiro atoms. The molecule has 0 aliphatic heterocycles. The van der Waals surface area contributed by atoms with Gasteiger partial charge in [-0.25, -0.2) is 9.37 Å². The van der Waals surface area contributed by atoms with Crippen LogP contribution in [-0.4, -0.2) is 10.1 Å². The van der Waals surface area contributed by atoms with Crippen molar-refractivity contribution in [1.82, 2.24) is 4.98 Å². The molecule has 0 bridgehead atoms. The van der Waals surface area contributed by atoms with Crippen LogP contribution in [0.1, 0.15) is 5.56 Å². The van der Waals surface area contributed by atoms with Crippen LogP contribution in [0.5, 0.6) is 0 Å². The molecule has 0 aliphatic carbocycles. The van der Waals surface area contributed by atoms with E-state index in [2.05, 4.69) is 10.3 Å². The van der Waals surface area contributed by atoms with Crippen molar-refractivity contribution in [3.63, 3.8) is 0 Å². The zero-order valence-corrected chi connectivity index (χ0v) is 8.52. The molecule has 0 unspecified atom stereocenters. The first-order valence-corrected chi connectivity index (χ1v) is 4.87. The standard InChI is InChI=1S/C12H11FN2O/c13-10-4-1-5-11(7-10)15-12-9(8-16)3-2-6-14-12/h1-7,16H,8H2,(H,14,15). The molecule has 2 rings (SSSR count). The summed E-state index contributed by atoms with van der Waals surface area (Å²) in [6, 6.07) is 9.58. The average Bonchev–Trinajstić information content (AvgIpc) is 2.30. The Balaban J connectivity index is 2.26. The van der Waals surface area contributed by atoms with Crippen molar-refractivity contribution in [3.05, 3.63) is 54.0 Å². The highest BCUT2D eigenvalue weighted by molar-refractivity contribution is 5.58. The molecule has 0 atom stereocenters. The second-order valence-corrected chi connectivity index (χ2v) is 3.30. The Hall–Kier alpha value is -1.94. The van der Waals surface area contributed by atoms with Crippen molar-refractivity contribution in [1.29, 1.82) is 0 Å². The van der Waals surface area contributed by atoms with Crippen LogP contribution in [0, 0.1) is 5.82 Å². The molecular formula is C12H11FN2O. The lowest BCUT2D eigenvalue weighted by atomic mass is 10.2. The van der Waals surface area contributed by atoms with Gasteiger partial charge >= 0.3 is 0 Å². The van der Waals surface area contributed by atoms with Crippen molar-refractivity contribution >= 4 is 11.5 Å². The summed E-state index contributed by atoms with van der Waals surface area (Å²) in [5, 5.41) is 12.1. The summed E-state index contributed by atoms with van der Waals surface area (Å²) >= 11 is 0. The molecule has 0 saturated heterocycles. The maximum atomic E-state index is 12.9. The fourth-order valence-corrected chi connectivity index (χ4v) is 1.38. The number of halogens is 1. The monoisotopic (exact) mass is 218 g/mol. The zero-order valence-electron chi connectivity index (χ0n) is 8.52. The fourth-order valence-electron chi connectivity index (χ4n) is 1.38. The van der Waals surface area contributed by atoms with Crippen LogP contribution < -0.4 is 5.32 Å². The molecule has 4 heteroatoms. The van der Waals surface area contributed by atoms with Crippen LogP contribution in [0.25, 0.3) is 0 Å². The minimum Gasteiger partial charge on any atom is -0.392 e. The van der Waals surface area contributed by atoms with Crippen molar-refractivity contribution < 1.29 is 9.50 Å². The predicted molar refractivity (Wildman–Crippen MR) is 59.8 cm³/mol. The zero-order chi connectivity index (χ0) is 11.4. The number of aliphatic hydroxyl groups is 1. The van der Waals surface area contributed by atoms with Gasteiger partial charge in [0.25, 0.3) is 0 Å². The Kier molecular flexibility index (Phi) is 3.12. The lowest BCUT2D eigenvalue weighted by Gasteiger charge is -2.08. The van der Waals surface area contributed by atoms with Gasteiger partial charge in [0, 0.05) is 17.4 Å². The average molecular weight is 218 g/mol. The maximum Gasteiger partial charge on any atom is 0.135 e. The quantitative estimate of drug-likeness (QED) is 0.831. The van der Waals surface area contributed by atoms with Crippen molar-refractivity contribution in [2.45, 2.75) is 6.61 Å². The third-order valence-corrected chi connectivity index (χ3v) is 2.15. The summed E-state index contributed by atoms with van der Waals surface area (Å²) in [7, 11) is 0. The first kappa shape index (κ1) is 10.6. The van der Waals surface area contributed by atoms with E-state index in [1.165, 1.54) is 12.1 Å². The number of anilines is 2. The van der Waals surface area contributed by atoms with Crippen LogP contribution >= 0.6 is 0 Å². The Morgan fingerprint density at radius 3 is 2.88 bits per heavy atom. The number of pyridine rings is 1. The summed E-state index contributed by atoms with van der Waals surface area (Å²) in [6.45, 7) is -0.106. The van der Waals surface area contributed by atoms with Gasteiger partial charge in [0.05, 0.1) is 6.61 Å². The Bertz CT molecular complexity index is 488. The van der Waals surface area contributed by atoms with E-state index in [0.29, 0.717) is 17.1 Å². The molecule has 1 aromatic carbocycles. The van der Waals surface area contributed by atoms with Crippen LogP contribution in [0.3, 0.4) is 0 Å². The highest BCUT2D eigenvalue weighted by Crippen LogP contribution is 2.18. The van der Waals surface area contributed by atoms with Crippen molar-refractivity contribution in [2.24, 2.45) is 0 Å². The first-order chi connectivity index (χ1) is 7.79. The van der Waals surface area contributed by atoms with E-state index in [-0.39, 0.29) is 12.4 Å². The molecule has 0 amide bonds. The van der Waals surface area contributed by atoms with Gasteiger partial charge in [0.15, 0.2) is 0 Å². The molecular weight excluding hydrogens is 207 g/mol. The molecule has 0 fully saturated rings. The highest BCUT2D eigenvalue weighted by atomic mass is 19.1. The van der Waals surface area contributed by atoms with Crippen molar-refractivity contribution in [3.8, 4) is 0 Å². The summed E-state index contributed by atoms with van der Waals surface area (Å²) in [4.78, 5) is 4.08. The number of hydrogen-bond acceptors (Lipinski definition) is 3. The number of rotatable bonds is 3. The van der Waals surface area contributed by atoms with Crippen LogP contribution in [0.4, 0.5) is 15.9 Å². The molecule has 1 heterocycles. The van der Waals surface area contributed by atoms with Gasteiger partial charge in [-0.15, -0.1) is 0 Å². The smallest absolute Gasteiger partial charge is 0.135 e. The van der Waals surface area contributed by atoms with E-state index in [1.54, 1.807) is 30.5 Å². The number of hydrogen-bond donors (Lipinski definition) is 2. The van der Waals surface area contributed by atoms with E-state index in [4.69, 9.17) is 5.11 Å².